The Morgan fingerprint density at radius 1 is 0.828 bits per heavy atom. The number of carbonyl (C=O) groups is 4. The average Bonchev–Trinajstić information content (AvgIpc) is 3.49. The van der Waals surface area contributed by atoms with Gasteiger partial charge in [-0.2, -0.15) is 0 Å². The molecule has 0 aromatic heterocycles. The summed E-state index contributed by atoms with van der Waals surface area (Å²) in [5.41, 5.74) is 2.05. The molecule has 2 atom stereocenters. The summed E-state index contributed by atoms with van der Waals surface area (Å²) in [5, 5.41) is 8.17. The fourth-order valence-electron chi connectivity index (χ4n) is 2.93. The largest absolute Gasteiger partial charge is 0.465 e. The van der Waals surface area contributed by atoms with Gasteiger partial charge in [-0.15, -0.1) is 0 Å². The first-order chi connectivity index (χ1) is 13.9. The highest BCUT2D eigenvalue weighted by atomic mass is 16.5. The molecule has 2 aromatic rings. The lowest BCUT2D eigenvalue weighted by atomic mass is 10.2. The molecule has 2 aromatic carbocycles. The molecule has 1 aliphatic rings. The molecular formula is C21H21N3O5. The molecule has 8 heteroatoms. The highest BCUT2D eigenvalue weighted by Gasteiger charge is 2.48. The molecule has 0 aliphatic heterocycles. The number of amides is 3. The molecule has 1 saturated carbocycles. The van der Waals surface area contributed by atoms with Crippen molar-refractivity contribution in [2.75, 3.05) is 23.1 Å². The van der Waals surface area contributed by atoms with Gasteiger partial charge in [0.1, 0.15) is 0 Å². The van der Waals surface area contributed by atoms with Crippen molar-refractivity contribution in [1.82, 2.24) is 0 Å². The van der Waals surface area contributed by atoms with Crippen LogP contribution in [0.15, 0.2) is 48.5 Å². The van der Waals surface area contributed by atoms with Crippen molar-refractivity contribution in [2.45, 2.75) is 13.3 Å². The van der Waals surface area contributed by atoms with Crippen LogP contribution in [0.2, 0.25) is 0 Å². The molecular weight excluding hydrogens is 374 g/mol. The van der Waals surface area contributed by atoms with E-state index >= 15 is 0 Å². The highest BCUT2D eigenvalue weighted by molar-refractivity contribution is 6.03. The van der Waals surface area contributed by atoms with Crippen molar-refractivity contribution in [3.05, 3.63) is 54.1 Å². The standard InChI is InChI=1S/C21H21N3O5/c1-12(25)22-15-4-3-5-16(10-15)24-20(27)18-11-17(18)19(26)23-14-8-6-13(7-9-14)21(28)29-2/h3-10,17-18H,11H2,1-2H3,(H,22,25)(H,23,26)(H,24,27). The molecule has 1 fully saturated rings. The number of hydrogen-bond acceptors (Lipinski definition) is 5. The molecule has 0 spiro atoms. The smallest absolute Gasteiger partial charge is 0.337 e. The van der Waals surface area contributed by atoms with Crippen molar-refractivity contribution < 1.29 is 23.9 Å². The Labute approximate surface area is 167 Å². The van der Waals surface area contributed by atoms with E-state index in [-0.39, 0.29) is 17.7 Å². The topological polar surface area (TPSA) is 114 Å². The number of hydrogen-bond donors (Lipinski definition) is 3. The quantitative estimate of drug-likeness (QED) is 0.651. The minimum Gasteiger partial charge on any atom is -0.465 e. The van der Waals surface area contributed by atoms with Gasteiger partial charge in [-0.05, 0) is 48.9 Å². The summed E-state index contributed by atoms with van der Waals surface area (Å²) in [5.74, 6) is -1.96. The third kappa shape index (κ3) is 5.19. The highest BCUT2D eigenvalue weighted by Crippen LogP contribution is 2.40. The lowest BCUT2D eigenvalue weighted by Gasteiger charge is -2.08. The second-order valence-electron chi connectivity index (χ2n) is 6.76. The molecule has 3 amide bonds. The molecule has 3 N–H and O–H groups in total. The van der Waals surface area contributed by atoms with Crippen LogP contribution in [0.25, 0.3) is 0 Å². The first-order valence-corrected chi connectivity index (χ1v) is 9.05. The van der Waals surface area contributed by atoms with Crippen LogP contribution in [0.1, 0.15) is 23.7 Å². The third-order valence-corrected chi connectivity index (χ3v) is 4.49. The van der Waals surface area contributed by atoms with E-state index in [9.17, 15) is 19.2 Å². The molecule has 0 heterocycles. The van der Waals surface area contributed by atoms with Gasteiger partial charge in [0.25, 0.3) is 0 Å². The van der Waals surface area contributed by atoms with Crippen LogP contribution < -0.4 is 16.0 Å². The fourth-order valence-corrected chi connectivity index (χ4v) is 2.93. The Morgan fingerprint density at radius 3 is 1.93 bits per heavy atom. The molecule has 0 saturated heterocycles. The van der Waals surface area contributed by atoms with Gasteiger partial charge in [-0.25, -0.2) is 4.79 Å². The number of nitrogens with one attached hydrogen (secondary N) is 3. The molecule has 0 bridgehead atoms. The van der Waals surface area contributed by atoms with Crippen LogP contribution in [0.4, 0.5) is 17.1 Å². The average molecular weight is 395 g/mol. The summed E-state index contributed by atoms with van der Waals surface area (Å²) in [7, 11) is 1.30. The van der Waals surface area contributed by atoms with Crippen LogP contribution >= 0.6 is 0 Å². The van der Waals surface area contributed by atoms with E-state index in [4.69, 9.17) is 0 Å². The number of rotatable bonds is 6. The Balaban J connectivity index is 1.53. The van der Waals surface area contributed by atoms with Gasteiger partial charge in [-0.3, -0.25) is 14.4 Å². The SMILES string of the molecule is COC(=O)c1ccc(NC(=O)C2CC2C(=O)Nc2cccc(NC(C)=O)c2)cc1. The number of ether oxygens (including phenoxy) is 1. The molecule has 0 radical (unpaired) electrons. The molecule has 8 nitrogen and oxygen atoms in total. The first kappa shape index (κ1) is 20.1. The zero-order valence-electron chi connectivity index (χ0n) is 16.0. The van der Waals surface area contributed by atoms with E-state index in [1.807, 2.05) is 0 Å². The second-order valence-corrected chi connectivity index (χ2v) is 6.76. The fraction of sp³-hybridized carbons (Fsp3) is 0.238. The van der Waals surface area contributed by atoms with Crippen LogP contribution in [0, 0.1) is 11.8 Å². The summed E-state index contributed by atoms with van der Waals surface area (Å²) in [6.07, 6.45) is 0.462. The minimum atomic E-state index is -0.454. The Kier molecular flexibility index (Phi) is 5.92. The number of esters is 1. The van der Waals surface area contributed by atoms with Crippen LogP contribution in [0.5, 0.6) is 0 Å². The van der Waals surface area contributed by atoms with Crippen molar-refractivity contribution in [3.63, 3.8) is 0 Å². The lowest BCUT2D eigenvalue weighted by molar-refractivity contribution is -0.122. The van der Waals surface area contributed by atoms with E-state index < -0.39 is 17.8 Å². The van der Waals surface area contributed by atoms with Crippen molar-refractivity contribution >= 4 is 40.8 Å². The predicted molar refractivity (Wildman–Crippen MR) is 107 cm³/mol. The Hall–Kier alpha value is -3.68. The predicted octanol–water partition coefficient (Wildman–Crippen LogP) is 2.64. The Morgan fingerprint density at radius 2 is 1.38 bits per heavy atom. The van der Waals surface area contributed by atoms with E-state index in [0.717, 1.165) is 0 Å². The number of carbonyl (C=O) groups excluding carboxylic acids is 4. The van der Waals surface area contributed by atoms with E-state index in [2.05, 4.69) is 20.7 Å². The summed E-state index contributed by atoms with van der Waals surface area (Å²) in [4.78, 5) is 47.3. The summed E-state index contributed by atoms with van der Waals surface area (Å²) >= 11 is 0. The van der Waals surface area contributed by atoms with Crippen molar-refractivity contribution in [3.8, 4) is 0 Å². The molecule has 29 heavy (non-hydrogen) atoms. The van der Waals surface area contributed by atoms with Crippen molar-refractivity contribution in [1.29, 1.82) is 0 Å². The molecule has 2 unspecified atom stereocenters. The number of benzene rings is 2. The van der Waals surface area contributed by atoms with Gasteiger partial charge < -0.3 is 20.7 Å². The van der Waals surface area contributed by atoms with Crippen molar-refractivity contribution in [2.24, 2.45) is 11.8 Å². The number of methoxy groups -OCH3 is 1. The molecule has 3 rings (SSSR count). The molecule has 1 aliphatic carbocycles. The minimum absolute atomic E-state index is 0.202. The maximum Gasteiger partial charge on any atom is 0.337 e. The summed E-state index contributed by atoms with van der Waals surface area (Å²) < 4.78 is 4.63. The van der Waals surface area contributed by atoms with E-state index in [1.54, 1.807) is 48.5 Å². The maximum absolute atomic E-state index is 12.4. The first-order valence-electron chi connectivity index (χ1n) is 9.05. The van der Waals surface area contributed by atoms with Crippen LogP contribution in [0.3, 0.4) is 0 Å². The third-order valence-electron chi connectivity index (χ3n) is 4.49. The maximum atomic E-state index is 12.4. The second kappa shape index (κ2) is 8.55. The van der Waals surface area contributed by atoms with Gasteiger partial charge in [0, 0.05) is 24.0 Å². The van der Waals surface area contributed by atoms with Crippen LogP contribution in [-0.2, 0) is 19.1 Å². The lowest BCUT2D eigenvalue weighted by Crippen LogP contribution is -2.20. The monoisotopic (exact) mass is 395 g/mol. The van der Waals surface area contributed by atoms with Gasteiger partial charge >= 0.3 is 5.97 Å². The number of anilines is 3. The van der Waals surface area contributed by atoms with E-state index in [0.29, 0.717) is 29.0 Å². The van der Waals surface area contributed by atoms with Gasteiger partial charge in [0.15, 0.2) is 0 Å². The zero-order chi connectivity index (χ0) is 21.0. The Bertz CT molecular complexity index is 955. The van der Waals surface area contributed by atoms with Gasteiger partial charge in [0.05, 0.1) is 24.5 Å². The van der Waals surface area contributed by atoms with Crippen LogP contribution in [-0.4, -0.2) is 30.8 Å². The van der Waals surface area contributed by atoms with E-state index in [1.165, 1.54) is 14.0 Å². The van der Waals surface area contributed by atoms with Gasteiger partial charge in [0.2, 0.25) is 17.7 Å². The summed E-state index contributed by atoms with van der Waals surface area (Å²) in [6.45, 7) is 1.40. The summed E-state index contributed by atoms with van der Waals surface area (Å²) in [6, 6.07) is 13.1. The normalized spacial score (nSPS) is 17.0. The molecule has 150 valence electrons. The van der Waals surface area contributed by atoms with Gasteiger partial charge in [-0.1, -0.05) is 6.07 Å². The zero-order valence-corrected chi connectivity index (χ0v) is 16.0.